The van der Waals surface area contributed by atoms with Gasteiger partial charge in [0.15, 0.2) is 17.5 Å². The molecule has 2 bridgehead atoms. The summed E-state index contributed by atoms with van der Waals surface area (Å²) in [4.78, 5) is 68.9. The first-order valence-corrected chi connectivity index (χ1v) is 19.4. The van der Waals surface area contributed by atoms with Gasteiger partial charge in [-0.1, -0.05) is 44.2 Å². The van der Waals surface area contributed by atoms with E-state index in [1.165, 1.54) is 27.7 Å². The number of esters is 3. The average Bonchev–Trinajstić information content (AvgIpc) is 3.14. The van der Waals surface area contributed by atoms with Crippen molar-refractivity contribution in [2.24, 2.45) is 16.7 Å². The first kappa shape index (κ1) is 43.8. The standard InChI is InChI=1S/C43H52FNO14/c1-21-26(56-37(52)32(49)30(23-12-10-9-11-13-23)45-38(53)59-39(3,4)5)19-43(54)35(57-36(51)24-14-16-25(44)17-15-24)33-41(8,34(50)31(48)29(21)40(43,6)7)27(47)18-28-42(33,20-55-28)58-22(2)46/h9-17,26-28,30-33,35,47-49,54H,18-20H2,1-8H3,(H,45,53)/t26-,27-,28+,30-,31+,32+,33-,35-,41+,42-,43+/m0/s1. The Labute approximate surface area is 340 Å². The number of hydrogen-bond donors (Lipinski definition) is 5. The molecular formula is C43H52FNO14. The van der Waals surface area contributed by atoms with E-state index >= 15 is 0 Å². The predicted molar refractivity (Wildman–Crippen MR) is 204 cm³/mol. The van der Waals surface area contributed by atoms with Gasteiger partial charge >= 0.3 is 24.0 Å². The maximum absolute atomic E-state index is 14.9. The van der Waals surface area contributed by atoms with Crippen LogP contribution in [0, 0.1) is 22.6 Å². The summed E-state index contributed by atoms with van der Waals surface area (Å²) in [6.45, 7) is 11.5. The second-order valence-electron chi connectivity index (χ2n) is 17.7. The molecule has 0 radical (unpaired) electrons. The van der Waals surface area contributed by atoms with Crippen molar-refractivity contribution in [1.29, 1.82) is 0 Å². The van der Waals surface area contributed by atoms with Crippen molar-refractivity contribution in [1.82, 2.24) is 5.32 Å². The number of fused-ring (bicyclic) bond motifs is 5. The molecule has 0 spiro atoms. The zero-order valence-electron chi connectivity index (χ0n) is 34.2. The van der Waals surface area contributed by atoms with Crippen molar-refractivity contribution in [2.45, 2.75) is 128 Å². The third kappa shape index (κ3) is 7.43. The number of halogens is 1. The van der Waals surface area contributed by atoms with E-state index in [0.717, 1.165) is 31.2 Å². The molecule has 5 N–H and O–H groups in total. The van der Waals surface area contributed by atoms with Gasteiger partial charge in [-0.25, -0.2) is 18.8 Å². The van der Waals surface area contributed by atoms with Gasteiger partial charge in [0.25, 0.3) is 0 Å². The number of ketones is 1. The van der Waals surface area contributed by atoms with Crippen LogP contribution >= 0.6 is 0 Å². The van der Waals surface area contributed by atoms with Gasteiger partial charge in [-0.2, -0.15) is 0 Å². The van der Waals surface area contributed by atoms with E-state index in [1.807, 2.05) is 0 Å². The summed E-state index contributed by atoms with van der Waals surface area (Å²) in [5, 5.41) is 51.5. The third-order valence-corrected chi connectivity index (χ3v) is 12.6. The Bertz CT molecular complexity index is 2030. The van der Waals surface area contributed by atoms with E-state index in [1.54, 1.807) is 51.1 Å². The Morgan fingerprint density at radius 3 is 2.17 bits per heavy atom. The van der Waals surface area contributed by atoms with E-state index in [2.05, 4.69) is 5.32 Å². The number of rotatable bonds is 8. The van der Waals surface area contributed by atoms with Gasteiger partial charge in [0.2, 0.25) is 0 Å². The molecule has 59 heavy (non-hydrogen) atoms. The minimum atomic E-state index is -2.43. The van der Waals surface area contributed by atoms with Gasteiger partial charge in [0, 0.05) is 25.2 Å². The monoisotopic (exact) mass is 825 g/mol. The largest absolute Gasteiger partial charge is 0.456 e. The fourth-order valence-corrected chi connectivity index (χ4v) is 9.57. The number of carbonyl (C=O) groups excluding carboxylic acids is 5. The summed E-state index contributed by atoms with van der Waals surface area (Å²) in [7, 11) is 0. The minimum absolute atomic E-state index is 0.113. The molecule has 3 fully saturated rings. The van der Waals surface area contributed by atoms with Crippen LogP contribution in [-0.4, -0.2) is 110 Å². The van der Waals surface area contributed by atoms with Gasteiger partial charge in [0.1, 0.15) is 41.4 Å². The predicted octanol–water partition coefficient (Wildman–Crippen LogP) is 3.40. The molecule has 6 rings (SSSR count). The fourth-order valence-electron chi connectivity index (χ4n) is 9.57. The van der Waals surface area contributed by atoms with Crippen LogP contribution < -0.4 is 5.32 Å². The number of Topliss-reactive ketones (excluding diaryl/α,β-unsaturated/α-hetero) is 1. The van der Waals surface area contributed by atoms with Gasteiger partial charge in [-0.05, 0) is 75.6 Å². The van der Waals surface area contributed by atoms with E-state index in [9.17, 15) is 48.8 Å². The molecule has 2 saturated carbocycles. The highest BCUT2D eigenvalue weighted by Crippen LogP contribution is 2.64. The number of benzene rings is 2. The summed E-state index contributed by atoms with van der Waals surface area (Å²) < 4.78 is 43.3. The first-order valence-electron chi connectivity index (χ1n) is 19.4. The Kier molecular flexibility index (Phi) is 11.4. The van der Waals surface area contributed by atoms with Crippen LogP contribution in [0.2, 0.25) is 0 Å². The number of alkyl carbamates (subject to hydrolysis) is 1. The Morgan fingerprint density at radius 2 is 1.61 bits per heavy atom. The van der Waals surface area contributed by atoms with Crippen LogP contribution in [0.15, 0.2) is 65.7 Å². The molecule has 320 valence electrons. The van der Waals surface area contributed by atoms with Crippen LogP contribution in [0.3, 0.4) is 0 Å². The van der Waals surface area contributed by atoms with Crippen LogP contribution in [0.25, 0.3) is 0 Å². The van der Waals surface area contributed by atoms with Crippen molar-refractivity contribution in [3.8, 4) is 0 Å². The van der Waals surface area contributed by atoms with Crippen LogP contribution in [-0.2, 0) is 38.1 Å². The summed E-state index contributed by atoms with van der Waals surface area (Å²) in [5.41, 5.74) is -8.77. The number of amides is 1. The Hall–Kier alpha value is -4.74. The highest BCUT2D eigenvalue weighted by atomic mass is 19.1. The Morgan fingerprint density at radius 1 is 0.983 bits per heavy atom. The molecule has 1 aliphatic heterocycles. The molecule has 1 heterocycles. The van der Waals surface area contributed by atoms with Crippen molar-refractivity contribution < 1.29 is 72.5 Å². The highest BCUT2D eigenvalue weighted by molar-refractivity contribution is 5.94. The number of hydrogen-bond acceptors (Lipinski definition) is 14. The Balaban J connectivity index is 1.49. The van der Waals surface area contributed by atoms with Crippen molar-refractivity contribution in [3.63, 3.8) is 0 Å². The topological polar surface area (TPSA) is 224 Å². The number of ether oxygens (including phenoxy) is 5. The van der Waals surface area contributed by atoms with Crippen molar-refractivity contribution >= 4 is 29.8 Å². The summed E-state index contributed by atoms with van der Waals surface area (Å²) in [6, 6.07) is 11.0. The van der Waals surface area contributed by atoms with E-state index in [4.69, 9.17) is 23.7 Å². The summed E-state index contributed by atoms with van der Waals surface area (Å²) >= 11 is 0. The van der Waals surface area contributed by atoms with E-state index in [-0.39, 0.29) is 29.7 Å². The average molecular weight is 826 g/mol. The quantitative estimate of drug-likeness (QED) is 0.146. The number of aliphatic hydroxyl groups excluding tert-OH is 3. The summed E-state index contributed by atoms with van der Waals surface area (Å²) in [5.74, 6) is -6.38. The van der Waals surface area contributed by atoms with Gasteiger partial charge in [0.05, 0.1) is 35.6 Å². The van der Waals surface area contributed by atoms with Crippen LogP contribution in [0.5, 0.6) is 0 Å². The summed E-state index contributed by atoms with van der Waals surface area (Å²) in [6.07, 6.45) is -11.9. The maximum Gasteiger partial charge on any atom is 0.408 e. The highest BCUT2D eigenvalue weighted by Gasteiger charge is 2.78. The number of carbonyl (C=O) groups is 5. The maximum atomic E-state index is 14.9. The van der Waals surface area contributed by atoms with Crippen LogP contribution in [0.1, 0.15) is 90.2 Å². The lowest BCUT2D eigenvalue weighted by Gasteiger charge is -2.67. The first-order chi connectivity index (χ1) is 27.4. The molecule has 16 heteroatoms. The van der Waals surface area contributed by atoms with Crippen LogP contribution in [0.4, 0.5) is 9.18 Å². The zero-order valence-corrected chi connectivity index (χ0v) is 34.2. The lowest BCUT2D eigenvalue weighted by Crippen LogP contribution is -2.81. The lowest BCUT2D eigenvalue weighted by atomic mass is 9.44. The molecule has 0 unspecified atom stereocenters. The SMILES string of the molecule is CC(=O)O[C@@]12CO[C@@H]1C[C@H](O)[C@@]1(C)C(=O)[C@H](O)C3=C(C)[C@@H](OC(=O)[C@H](O)[C@@H](NC(=O)OC(C)(C)C)c4ccccc4)C[C@@](O)([C@@H](OC(=O)c4ccc(F)cc4)[C@H]21)C3(C)C. The van der Waals surface area contributed by atoms with E-state index in [0.29, 0.717) is 5.56 Å². The number of aliphatic hydroxyl groups is 4. The van der Waals surface area contributed by atoms with Crippen molar-refractivity contribution in [3.05, 3.63) is 82.7 Å². The third-order valence-electron chi connectivity index (χ3n) is 12.6. The zero-order chi connectivity index (χ0) is 43.6. The van der Waals surface area contributed by atoms with Gasteiger partial charge in [-0.3, -0.25) is 9.59 Å². The molecule has 0 aromatic heterocycles. The van der Waals surface area contributed by atoms with Crippen molar-refractivity contribution in [2.75, 3.05) is 6.61 Å². The lowest BCUT2D eigenvalue weighted by molar-refractivity contribution is -0.346. The minimum Gasteiger partial charge on any atom is -0.456 e. The van der Waals surface area contributed by atoms with Gasteiger partial charge < -0.3 is 49.4 Å². The molecular weight excluding hydrogens is 773 g/mol. The molecule has 1 saturated heterocycles. The molecule has 1 amide bonds. The second-order valence-corrected chi connectivity index (χ2v) is 17.7. The van der Waals surface area contributed by atoms with Gasteiger partial charge in [-0.15, -0.1) is 0 Å². The molecule has 2 aromatic rings. The molecule has 15 nitrogen and oxygen atoms in total. The smallest absolute Gasteiger partial charge is 0.408 e. The second kappa shape index (κ2) is 15.4. The fraction of sp³-hybridized carbons (Fsp3) is 0.558. The molecule has 3 aliphatic carbocycles. The number of nitrogens with one attached hydrogen (secondary N) is 1. The van der Waals surface area contributed by atoms with E-state index < -0.39 is 118 Å². The molecule has 2 aromatic carbocycles. The molecule has 4 aliphatic rings. The molecule has 11 atom stereocenters. The normalized spacial score (nSPS) is 33.3.